The van der Waals surface area contributed by atoms with E-state index in [1.807, 2.05) is 5.32 Å². The molecule has 0 radical (unpaired) electrons. The minimum atomic E-state index is -5.50. The van der Waals surface area contributed by atoms with Gasteiger partial charge in [-0.05, 0) is 63.2 Å². The molecule has 8 nitrogen and oxygen atoms in total. The lowest BCUT2D eigenvalue weighted by Crippen LogP contribution is -2.51. The Morgan fingerprint density at radius 3 is 2.26 bits per heavy atom. The maximum atomic E-state index is 15.4. The third-order valence-corrected chi connectivity index (χ3v) is 6.47. The molecule has 2 heterocycles. The van der Waals surface area contributed by atoms with E-state index in [1.165, 1.54) is 19.2 Å². The zero-order valence-corrected chi connectivity index (χ0v) is 22.6. The average Bonchev–Trinajstić information content (AvgIpc) is 2.91. The van der Waals surface area contributed by atoms with Crippen molar-refractivity contribution in [2.45, 2.75) is 38.1 Å². The highest BCUT2D eigenvalue weighted by molar-refractivity contribution is 5.99. The quantitative estimate of drug-likeness (QED) is 0.263. The number of fused-ring (bicyclic) bond motifs is 1. The zero-order valence-electron chi connectivity index (χ0n) is 22.6. The van der Waals surface area contributed by atoms with Crippen molar-refractivity contribution in [1.82, 2.24) is 20.5 Å². The number of aromatic nitrogens is 3. The minimum absolute atomic E-state index is 0.113. The molecule has 1 atom stereocenters. The van der Waals surface area contributed by atoms with Crippen LogP contribution < -0.4 is 10.1 Å². The van der Waals surface area contributed by atoms with Gasteiger partial charge >= 0.3 is 6.18 Å². The van der Waals surface area contributed by atoms with Gasteiger partial charge in [-0.2, -0.15) is 18.3 Å². The van der Waals surface area contributed by atoms with Crippen LogP contribution >= 0.6 is 0 Å². The number of benzene rings is 2. The fourth-order valence-corrected chi connectivity index (χ4v) is 4.18. The first-order valence-electron chi connectivity index (χ1n) is 12.2. The number of aryl methyl sites for hydroxylation is 1. The van der Waals surface area contributed by atoms with Gasteiger partial charge in [0.1, 0.15) is 17.0 Å². The number of halogens is 6. The van der Waals surface area contributed by atoms with Crippen molar-refractivity contribution in [2.75, 3.05) is 13.7 Å². The van der Waals surface area contributed by atoms with Crippen LogP contribution in [0.25, 0.3) is 22.2 Å². The Morgan fingerprint density at radius 1 is 0.976 bits per heavy atom. The number of hydrogen-bond donors (Lipinski definition) is 3. The second-order valence-electron chi connectivity index (χ2n) is 10.0. The number of methoxy groups -OCH3 is 1. The number of aliphatic hydroxyl groups is 2. The Hall–Kier alpha value is -4.30. The molecule has 0 saturated heterocycles. The van der Waals surface area contributed by atoms with Crippen molar-refractivity contribution in [3.05, 3.63) is 82.4 Å². The molecule has 4 rings (SSSR count). The summed E-state index contributed by atoms with van der Waals surface area (Å²) in [7, 11) is 1.30. The number of ether oxygens (including phenoxy) is 1. The van der Waals surface area contributed by atoms with Gasteiger partial charge < -0.3 is 20.3 Å². The third-order valence-electron chi connectivity index (χ3n) is 6.47. The first kappa shape index (κ1) is 30.7. The summed E-state index contributed by atoms with van der Waals surface area (Å²) in [5.74, 6) is -5.00. The van der Waals surface area contributed by atoms with Gasteiger partial charge in [0.05, 0.1) is 30.6 Å². The highest BCUT2D eigenvalue weighted by Gasteiger charge is 2.57. The van der Waals surface area contributed by atoms with Crippen LogP contribution in [0.4, 0.5) is 26.3 Å². The molecule has 2 aromatic heterocycles. The highest BCUT2D eigenvalue weighted by atomic mass is 19.4. The highest BCUT2D eigenvalue weighted by Crippen LogP contribution is 2.41. The van der Waals surface area contributed by atoms with Crippen LogP contribution in [0.15, 0.2) is 42.5 Å². The maximum absolute atomic E-state index is 15.4. The monoisotopic (exact) mass is 594 g/mol. The minimum Gasteiger partial charge on any atom is -0.494 e. The summed E-state index contributed by atoms with van der Waals surface area (Å²) >= 11 is 0. The van der Waals surface area contributed by atoms with Gasteiger partial charge in [0.2, 0.25) is 5.60 Å². The van der Waals surface area contributed by atoms with Crippen molar-refractivity contribution in [1.29, 1.82) is 0 Å². The summed E-state index contributed by atoms with van der Waals surface area (Å²) in [5, 5.41) is 31.8. The van der Waals surface area contributed by atoms with E-state index in [1.54, 1.807) is 13.0 Å². The molecule has 1 unspecified atom stereocenters. The smallest absolute Gasteiger partial charge is 0.424 e. The molecule has 0 fully saturated rings. The molecule has 42 heavy (non-hydrogen) atoms. The van der Waals surface area contributed by atoms with Gasteiger partial charge in [0.15, 0.2) is 17.5 Å². The largest absolute Gasteiger partial charge is 0.494 e. The number of nitrogens with one attached hydrogen (secondary N) is 1. The Kier molecular flexibility index (Phi) is 7.91. The summed E-state index contributed by atoms with van der Waals surface area (Å²) in [6.45, 7) is 2.28. The Morgan fingerprint density at radius 2 is 1.67 bits per heavy atom. The van der Waals surface area contributed by atoms with Crippen molar-refractivity contribution in [3.63, 3.8) is 0 Å². The first-order valence-corrected chi connectivity index (χ1v) is 12.2. The Labute approximate surface area is 235 Å². The molecule has 0 aliphatic heterocycles. The Balaban J connectivity index is 1.80. The molecule has 1 amide bonds. The van der Waals surface area contributed by atoms with E-state index in [-0.39, 0.29) is 11.3 Å². The molecule has 3 N–H and O–H groups in total. The number of alkyl halides is 3. The van der Waals surface area contributed by atoms with Crippen LogP contribution in [0.1, 0.15) is 41.2 Å². The van der Waals surface area contributed by atoms with Gasteiger partial charge in [-0.1, -0.05) is 0 Å². The Bertz CT molecular complexity index is 1690. The number of rotatable bonds is 7. The molecule has 222 valence electrons. The van der Waals surface area contributed by atoms with Crippen molar-refractivity contribution >= 4 is 16.8 Å². The second-order valence-corrected chi connectivity index (χ2v) is 10.0. The molecule has 0 bridgehead atoms. The fraction of sp³-hybridized carbons (Fsp3) is 0.286. The van der Waals surface area contributed by atoms with E-state index < -0.39 is 69.8 Å². The third kappa shape index (κ3) is 5.72. The van der Waals surface area contributed by atoms with Crippen molar-refractivity contribution in [3.8, 4) is 17.0 Å². The predicted molar refractivity (Wildman–Crippen MR) is 138 cm³/mol. The van der Waals surface area contributed by atoms with E-state index in [4.69, 9.17) is 4.74 Å². The lowest BCUT2D eigenvalue weighted by Gasteiger charge is -2.32. The van der Waals surface area contributed by atoms with E-state index in [9.17, 15) is 37.0 Å². The maximum Gasteiger partial charge on any atom is 0.424 e. The summed E-state index contributed by atoms with van der Waals surface area (Å²) in [4.78, 5) is 16.6. The van der Waals surface area contributed by atoms with E-state index in [2.05, 4.69) is 15.2 Å². The predicted octanol–water partition coefficient (Wildman–Crippen LogP) is 4.83. The molecule has 0 spiro atoms. The lowest BCUT2D eigenvalue weighted by molar-refractivity contribution is -0.265. The summed E-state index contributed by atoms with van der Waals surface area (Å²) in [6.07, 6.45) is -5.50. The average molecular weight is 595 g/mol. The summed E-state index contributed by atoms with van der Waals surface area (Å²) < 4.78 is 91.4. The number of carbonyl (C=O) groups is 1. The molecular formula is C28H24F6N4O4. The summed E-state index contributed by atoms with van der Waals surface area (Å²) in [5.41, 5.74) is -8.67. The van der Waals surface area contributed by atoms with E-state index in [0.717, 1.165) is 19.9 Å². The van der Waals surface area contributed by atoms with E-state index in [0.29, 0.717) is 34.8 Å². The molecule has 14 heteroatoms. The van der Waals surface area contributed by atoms with Gasteiger partial charge in [0.25, 0.3) is 5.91 Å². The summed E-state index contributed by atoms with van der Waals surface area (Å²) in [6, 6.07) is 6.63. The lowest BCUT2D eigenvalue weighted by atomic mass is 9.90. The van der Waals surface area contributed by atoms with Gasteiger partial charge in [-0.25, -0.2) is 18.2 Å². The van der Waals surface area contributed by atoms with Crippen molar-refractivity contribution < 1.29 is 46.1 Å². The first-order chi connectivity index (χ1) is 19.5. The van der Waals surface area contributed by atoms with E-state index >= 15 is 4.39 Å². The van der Waals surface area contributed by atoms with Gasteiger partial charge in [-0.3, -0.25) is 4.79 Å². The van der Waals surface area contributed by atoms with Crippen molar-refractivity contribution in [2.24, 2.45) is 0 Å². The number of carbonyl (C=O) groups excluding carboxylic acids is 1. The molecule has 0 aliphatic rings. The standard InChI is InChI=1S/C28H24F6N4O4/c1-13-7-15-8-16(10-20(42-4)23(15)38-37-13)25(39)35-12-27(41,28(32,33)34)21-11-17(26(2,3)40)22(31)24(36-21)14-5-6-18(29)19(30)9-14/h5-11,40-41H,12H2,1-4H3,(H,35,39). The SMILES string of the molecule is COc1cc(C(=O)NCC(O)(c2cc(C(C)(C)O)c(F)c(-c3ccc(F)c(F)c3)n2)C(F)(F)F)cc2cc(C)nnc12. The zero-order chi connectivity index (χ0) is 31.2. The van der Waals surface area contributed by atoms with Crippen LogP contribution in [0.3, 0.4) is 0 Å². The molecule has 0 aliphatic carbocycles. The number of pyridine rings is 1. The molecule has 4 aromatic rings. The molecular weight excluding hydrogens is 570 g/mol. The number of amides is 1. The number of hydrogen-bond acceptors (Lipinski definition) is 7. The fourth-order valence-electron chi connectivity index (χ4n) is 4.18. The topological polar surface area (TPSA) is 117 Å². The normalized spacial score (nSPS) is 13.6. The van der Waals surface area contributed by atoms with Crippen LogP contribution in [0.2, 0.25) is 0 Å². The van der Waals surface area contributed by atoms with Crippen LogP contribution in [-0.4, -0.2) is 51.1 Å². The van der Waals surface area contributed by atoms with Crippen LogP contribution in [0.5, 0.6) is 5.75 Å². The number of nitrogens with zero attached hydrogens (tertiary/aromatic N) is 3. The molecule has 0 saturated carbocycles. The van der Waals surface area contributed by atoms with Gasteiger partial charge in [0, 0.05) is 22.1 Å². The van der Waals surface area contributed by atoms with Crippen LogP contribution in [-0.2, 0) is 11.2 Å². The molecule has 2 aromatic carbocycles. The van der Waals surface area contributed by atoms with Crippen LogP contribution in [0, 0.1) is 24.4 Å². The van der Waals surface area contributed by atoms with Gasteiger partial charge in [-0.15, -0.1) is 5.10 Å². The second kappa shape index (κ2) is 10.8.